The molecular weight excluding hydrogens is 246 g/mol. The van der Waals surface area contributed by atoms with Gasteiger partial charge in [0.15, 0.2) is 0 Å². The highest BCUT2D eigenvalue weighted by Crippen LogP contribution is 2.50. The minimum atomic E-state index is 0.428. The summed E-state index contributed by atoms with van der Waals surface area (Å²) in [6, 6.07) is 1.12. The smallest absolute Gasteiger partial charge is 0.0951 e. The van der Waals surface area contributed by atoms with Crippen LogP contribution in [-0.4, -0.2) is 16.1 Å². The van der Waals surface area contributed by atoms with Crippen molar-refractivity contribution in [1.29, 1.82) is 0 Å². The largest absolute Gasteiger partial charge is 0.330 e. The van der Waals surface area contributed by atoms with Crippen LogP contribution in [0.5, 0.6) is 0 Å². The first-order valence-corrected chi connectivity index (χ1v) is 8.11. The van der Waals surface area contributed by atoms with E-state index in [1.165, 1.54) is 37.8 Å². The Hall–Kier alpha value is -0.830. The maximum absolute atomic E-state index is 4.46. The summed E-state index contributed by atoms with van der Waals surface area (Å²) in [5.41, 5.74) is 2.26. The first-order chi connectivity index (χ1) is 9.36. The standard InChI is InChI=1S/C17H29N3/c1-16(2)8-13(9-17(3,4)11-16)20-12-18-10-15(20)14-6-5-7-19-14/h10,12-14,19H,5-9,11H2,1-4H3/t14-/m0/s1. The van der Waals surface area contributed by atoms with Gasteiger partial charge in [0.1, 0.15) is 0 Å². The van der Waals surface area contributed by atoms with Gasteiger partial charge in [-0.3, -0.25) is 0 Å². The molecular formula is C17H29N3. The lowest BCUT2D eigenvalue weighted by Gasteiger charge is -2.45. The van der Waals surface area contributed by atoms with Gasteiger partial charge in [0, 0.05) is 18.3 Å². The molecule has 3 rings (SSSR count). The van der Waals surface area contributed by atoms with Crippen LogP contribution in [0.3, 0.4) is 0 Å². The van der Waals surface area contributed by atoms with Gasteiger partial charge in [0.25, 0.3) is 0 Å². The van der Waals surface area contributed by atoms with Crippen molar-refractivity contribution < 1.29 is 0 Å². The SMILES string of the molecule is CC1(C)CC(n2cncc2[C@@H]2CCCN2)CC(C)(C)C1. The Labute approximate surface area is 123 Å². The van der Waals surface area contributed by atoms with E-state index in [1.54, 1.807) is 0 Å². The molecule has 2 fully saturated rings. The van der Waals surface area contributed by atoms with Crippen molar-refractivity contribution in [2.75, 3.05) is 6.54 Å². The van der Waals surface area contributed by atoms with E-state index < -0.39 is 0 Å². The molecule has 1 aromatic heterocycles. The van der Waals surface area contributed by atoms with Gasteiger partial charge in [0.05, 0.1) is 12.0 Å². The number of nitrogens with zero attached hydrogens (tertiary/aromatic N) is 2. The first-order valence-electron chi connectivity index (χ1n) is 8.11. The maximum Gasteiger partial charge on any atom is 0.0951 e. The molecule has 112 valence electrons. The summed E-state index contributed by atoms with van der Waals surface area (Å²) in [6.07, 6.45) is 10.6. The van der Waals surface area contributed by atoms with Crippen LogP contribution in [-0.2, 0) is 0 Å². The van der Waals surface area contributed by atoms with Crippen LogP contribution in [0.4, 0.5) is 0 Å². The predicted octanol–water partition coefficient (Wildman–Crippen LogP) is 4.09. The normalized spacial score (nSPS) is 29.7. The van der Waals surface area contributed by atoms with Gasteiger partial charge in [-0.25, -0.2) is 4.98 Å². The molecule has 1 saturated heterocycles. The summed E-state index contributed by atoms with van der Waals surface area (Å²) in [6.45, 7) is 10.8. The lowest BCUT2D eigenvalue weighted by Crippen LogP contribution is -2.35. The summed E-state index contributed by atoms with van der Waals surface area (Å²) in [5.74, 6) is 0. The molecule has 1 aromatic rings. The van der Waals surface area contributed by atoms with Gasteiger partial charge in [-0.15, -0.1) is 0 Å². The average molecular weight is 275 g/mol. The zero-order valence-corrected chi connectivity index (χ0v) is 13.4. The van der Waals surface area contributed by atoms with E-state index >= 15 is 0 Å². The lowest BCUT2D eigenvalue weighted by molar-refractivity contribution is 0.0707. The Morgan fingerprint density at radius 3 is 2.50 bits per heavy atom. The summed E-state index contributed by atoms with van der Waals surface area (Å²) in [7, 11) is 0. The van der Waals surface area contributed by atoms with Crippen molar-refractivity contribution in [3.8, 4) is 0 Å². The monoisotopic (exact) mass is 275 g/mol. The van der Waals surface area contributed by atoms with Crippen LogP contribution in [0.1, 0.15) is 77.6 Å². The number of rotatable bonds is 2. The number of imidazole rings is 1. The van der Waals surface area contributed by atoms with E-state index in [2.05, 4.69) is 55.1 Å². The second kappa shape index (κ2) is 4.87. The summed E-state index contributed by atoms with van der Waals surface area (Å²) in [5, 5.41) is 3.62. The fourth-order valence-corrected chi connectivity index (χ4v) is 4.81. The first kappa shape index (κ1) is 14.1. The van der Waals surface area contributed by atoms with Crippen molar-refractivity contribution in [2.24, 2.45) is 10.8 Å². The van der Waals surface area contributed by atoms with Gasteiger partial charge >= 0.3 is 0 Å². The van der Waals surface area contributed by atoms with E-state index in [4.69, 9.17) is 0 Å². The van der Waals surface area contributed by atoms with Crippen molar-refractivity contribution in [3.05, 3.63) is 18.2 Å². The molecule has 2 aliphatic rings. The quantitative estimate of drug-likeness (QED) is 0.881. The van der Waals surface area contributed by atoms with Crippen molar-refractivity contribution in [1.82, 2.24) is 14.9 Å². The molecule has 1 atom stereocenters. The molecule has 0 bridgehead atoms. The number of aromatic nitrogens is 2. The summed E-state index contributed by atoms with van der Waals surface area (Å²) in [4.78, 5) is 4.46. The van der Waals surface area contributed by atoms with Gasteiger partial charge in [-0.1, -0.05) is 27.7 Å². The Kier molecular flexibility index (Phi) is 3.44. The second-order valence-corrected chi connectivity index (χ2v) is 8.44. The third-order valence-electron chi connectivity index (χ3n) is 5.04. The Morgan fingerprint density at radius 1 is 1.20 bits per heavy atom. The molecule has 1 aliphatic heterocycles. The zero-order valence-electron chi connectivity index (χ0n) is 13.4. The summed E-state index contributed by atoms with van der Waals surface area (Å²) >= 11 is 0. The molecule has 3 nitrogen and oxygen atoms in total. The van der Waals surface area contributed by atoms with Crippen molar-refractivity contribution >= 4 is 0 Å². The van der Waals surface area contributed by atoms with E-state index in [0.717, 1.165) is 6.54 Å². The number of hydrogen-bond donors (Lipinski definition) is 1. The third-order valence-corrected chi connectivity index (χ3v) is 5.04. The van der Waals surface area contributed by atoms with E-state index in [9.17, 15) is 0 Å². The third kappa shape index (κ3) is 2.78. The van der Waals surface area contributed by atoms with E-state index in [1.807, 2.05) is 0 Å². The number of hydrogen-bond acceptors (Lipinski definition) is 2. The van der Waals surface area contributed by atoms with Crippen LogP contribution in [0.15, 0.2) is 12.5 Å². The highest BCUT2D eigenvalue weighted by atomic mass is 15.1. The van der Waals surface area contributed by atoms with Gasteiger partial charge in [-0.2, -0.15) is 0 Å². The fraction of sp³-hybridized carbons (Fsp3) is 0.824. The molecule has 20 heavy (non-hydrogen) atoms. The Balaban J connectivity index is 1.87. The van der Waals surface area contributed by atoms with Crippen molar-refractivity contribution in [3.63, 3.8) is 0 Å². The topological polar surface area (TPSA) is 29.9 Å². The van der Waals surface area contributed by atoms with Crippen LogP contribution in [0.25, 0.3) is 0 Å². The van der Waals surface area contributed by atoms with E-state index in [0.29, 0.717) is 22.9 Å². The van der Waals surface area contributed by atoms with Crippen molar-refractivity contribution in [2.45, 2.75) is 71.9 Å². The average Bonchev–Trinajstić information content (AvgIpc) is 2.95. The van der Waals surface area contributed by atoms with Gasteiger partial charge in [-0.05, 0) is 49.5 Å². The molecule has 0 aromatic carbocycles. The Morgan fingerprint density at radius 2 is 1.90 bits per heavy atom. The number of nitrogens with one attached hydrogen (secondary N) is 1. The molecule has 1 saturated carbocycles. The van der Waals surface area contributed by atoms with Crippen LogP contribution in [0, 0.1) is 10.8 Å². The lowest BCUT2D eigenvalue weighted by atomic mass is 9.63. The minimum absolute atomic E-state index is 0.428. The Bertz CT molecular complexity index is 450. The van der Waals surface area contributed by atoms with Crippen LogP contribution < -0.4 is 5.32 Å². The minimum Gasteiger partial charge on any atom is -0.330 e. The maximum atomic E-state index is 4.46. The highest BCUT2D eigenvalue weighted by molar-refractivity contribution is 5.10. The predicted molar refractivity (Wildman–Crippen MR) is 82.7 cm³/mol. The molecule has 3 heteroatoms. The van der Waals surface area contributed by atoms with Gasteiger partial charge in [0.2, 0.25) is 0 Å². The van der Waals surface area contributed by atoms with Crippen LogP contribution in [0.2, 0.25) is 0 Å². The molecule has 2 heterocycles. The molecule has 1 aliphatic carbocycles. The van der Waals surface area contributed by atoms with Gasteiger partial charge < -0.3 is 9.88 Å². The molecule has 0 spiro atoms. The van der Waals surface area contributed by atoms with Crippen LogP contribution >= 0.6 is 0 Å². The summed E-state index contributed by atoms with van der Waals surface area (Å²) < 4.78 is 2.48. The highest BCUT2D eigenvalue weighted by Gasteiger charge is 2.39. The molecule has 0 unspecified atom stereocenters. The molecule has 0 amide bonds. The zero-order chi connectivity index (χ0) is 14.4. The fourth-order valence-electron chi connectivity index (χ4n) is 4.81. The van der Waals surface area contributed by atoms with E-state index in [-0.39, 0.29) is 0 Å². The second-order valence-electron chi connectivity index (χ2n) is 8.44. The molecule has 1 N–H and O–H groups in total. The molecule has 0 radical (unpaired) electrons.